The number of ether oxygens (including phenoxy) is 2. The van der Waals surface area contributed by atoms with Crippen LogP contribution >= 0.6 is 0 Å². The second-order valence-electron chi connectivity index (χ2n) is 6.10. The van der Waals surface area contributed by atoms with Gasteiger partial charge < -0.3 is 20.1 Å². The molecule has 2 N–H and O–H groups in total. The number of nitrogens with one attached hydrogen (secondary N) is 2. The van der Waals surface area contributed by atoms with Crippen molar-refractivity contribution in [3.8, 4) is 11.5 Å². The Morgan fingerprint density at radius 2 is 1.96 bits per heavy atom. The van der Waals surface area contributed by atoms with E-state index in [1.54, 1.807) is 7.11 Å². The van der Waals surface area contributed by atoms with E-state index in [9.17, 15) is 0 Å². The van der Waals surface area contributed by atoms with E-state index in [-0.39, 0.29) is 0 Å². The Kier molecular flexibility index (Phi) is 8.39. The van der Waals surface area contributed by atoms with Crippen molar-refractivity contribution in [1.82, 2.24) is 15.5 Å². The summed E-state index contributed by atoms with van der Waals surface area (Å²) in [4.78, 5) is 7.26. The molecule has 6 nitrogen and oxygen atoms in total. The molecule has 140 valence electrons. The molecule has 2 rings (SSSR count). The molecule has 0 spiro atoms. The first-order chi connectivity index (χ1) is 12.3. The van der Waals surface area contributed by atoms with Gasteiger partial charge in [0.25, 0.3) is 0 Å². The lowest BCUT2D eigenvalue weighted by molar-refractivity contribution is 0.273. The fraction of sp³-hybridized carbons (Fsp3) is 0.632. The standard InChI is InChI=1S/C19H32N4O2/c1-4-20-19(22-15-16-7-6-13-23(16)5-2)21-12-14-25-18-10-8-17(24-3)9-11-18/h8-11,16H,4-7,12-15H2,1-3H3,(H2,20,21,22). The maximum atomic E-state index is 5.74. The van der Waals surface area contributed by atoms with E-state index in [1.165, 1.54) is 19.4 Å². The fourth-order valence-corrected chi connectivity index (χ4v) is 3.07. The van der Waals surface area contributed by atoms with Crippen molar-refractivity contribution in [1.29, 1.82) is 0 Å². The molecule has 1 saturated heterocycles. The third kappa shape index (κ3) is 6.46. The molecule has 0 saturated carbocycles. The van der Waals surface area contributed by atoms with Gasteiger partial charge in [-0.05, 0) is 57.1 Å². The molecule has 1 heterocycles. The zero-order chi connectivity index (χ0) is 17.9. The van der Waals surface area contributed by atoms with Crippen LogP contribution in [0.5, 0.6) is 11.5 Å². The zero-order valence-corrected chi connectivity index (χ0v) is 15.8. The van der Waals surface area contributed by atoms with Gasteiger partial charge in [-0.2, -0.15) is 0 Å². The quantitative estimate of drug-likeness (QED) is 0.407. The fourth-order valence-electron chi connectivity index (χ4n) is 3.07. The molecule has 1 atom stereocenters. The third-order valence-electron chi connectivity index (χ3n) is 4.43. The lowest BCUT2D eigenvalue weighted by atomic mass is 10.2. The van der Waals surface area contributed by atoms with E-state index in [0.717, 1.165) is 37.1 Å². The number of hydrogen-bond donors (Lipinski definition) is 2. The van der Waals surface area contributed by atoms with Crippen molar-refractivity contribution >= 4 is 5.96 Å². The summed E-state index contributed by atoms with van der Waals surface area (Å²) in [5.41, 5.74) is 0. The van der Waals surface area contributed by atoms with Crippen LogP contribution in [0.2, 0.25) is 0 Å². The van der Waals surface area contributed by atoms with Crippen LogP contribution in [0.1, 0.15) is 26.7 Å². The van der Waals surface area contributed by atoms with Crippen LogP contribution in [0, 0.1) is 0 Å². The van der Waals surface area contributed by atoms with Crippen molar-refractivity contribution in [3.05, 3.63) is 24.3 Å². The van der Waals surface area contributed by atoms with E-state index in [0.29, 0.717) is 19.2 Å². The van der Waals surface area contributed by atoms with Crippen LogP contribution in [0.3, 0.4) is 0 Å². The number of likely N-dealkylation sites (tertiary alicyclic amines) is 1. The molecular formula is C19H32N4O2. The largest absolute Gasteiger partial charge is 0.497 e. The van der Waals surface area contributed by atoms with E-state index in [1.807, 2.05) is 24.3 Å². The van der Waals surface area contributed by atoms with Crippen molar-refractivity contribution in [2.45, 2.75) is 32.7 Å². The monoisotopic (exact) mass is 348 g/mol. The molecule has 0 aromatic heterocycles. The lowest BCUT2D eigenvalue weighted by Crippen LogP contribution is -2.40. The Balaban J connectivity index is 1.73. The number of guanidine groups is 1. The summed E-state index contributed by atoms with van der Waals surface area (Å²) >= 11 is 0. The minimum atomic E-state index is 0.580. The molecule has 0 aliphatic carbocycles. The van der Waals surface area contributed by atoms with Crippen LogP contribution in [0.15, 0.2) is 29.3 Å². The number of hydrogen-bond acceptors (Lipinski definition) is 4. The molecule has 0 bridgehead atoms. The number of aliphatic imine (C=N–C) groups is 1. The van der Waals surface area contributed by atoms with Crippen molar-refractivity contribution < 1.29 is 9.47 Å². The average molecular weight is 348 g/mol. The Labute approximate surface area is 151 Å². The van der Waals surface area contributed by atoms with Gasteiger partial charge in [0, 0.05) is 12.6 Å². The summed E-state index contributed by atoms with van der Waals surface area (Å²) in [6.45, 7) is 9.62. The van der Waals surface area contributed by atoms with Crippen LogP contribution in [-0.4, -0.2) is 63.3 Å². The SMILES string of the molecule is CCNC(=NCC1CCCN1CC)NCCOc1ccc(OC)cc1. The molecule has 1 unspecified atom stereocenters. The lowest BCUT2D eigenvalue weighted by Gasteiger charge is -2.21. The second-order valence-corrected chi connectivity index (χ2v) is 6.10. The molecule has 1 fully saturated rings. The second kappa shape index (κ2) is 10.8. The first-order valence-corrected chi connectivity index (χ1v) is 9.29. The normalized spacial score (nSPS) is 18.2. The molecule has 1 aromatic carbocycles. The third-order valence-corrected chi connectivity index (χ3v) is 4.43. The summed E-state index contributed by atoms with van der Waals surface area (Å²) in [5.74, 6) is 2.54. The highest BCUT2D eigenvalue weighted by molar-refractivity contribution is 5.79. The summed E-state index contributed by atoms with van der Waals surface area (Å²) in [5, 5.41) is 6.64. The number of likely N-dealkylation sites (N-methyl/N-ethyl adjacent to an activating group) is 1. The molecule has 0 radical (unpaired) electrons. The van der Waals surface area contributed by atoms with Gasteiger partial charge >= 0.3 is 0 Å². The predicted molar refractivity (Wildman–Crippen MR) is 103 cm³/mol. The van der Waals surface area contributed by atoms with Gasteiger partial charge in [0.05, 0.1) is 20.2 Å². The Morgan fingerprint density at radius 3 is 2.64 bits per heavy atom. The average Bonchev–Trinajstić information content (AvgIpc) is 3.11. The van der Waals surface area contributed by atoms with Crippen LogP contribution in [0.4, 0.5) is 0 Å². The van der Waals surface area contributed by atoms with Crippen molar-refractivity contribution in [2.75, 3.05) is 46.4 Å². The van der Waals surface area contributed by atoms with Crippen LogP contribution < -0.4 is 20.1 Å². The summed E-state index contributed by atoms with van der Waals surface area (Å²) in [6.07, 6.45) is 2.53. The van der Waals surface area contributed by atoms with Crippen molar-refractivity contribution in [2.24, 2.45) is 4.99 Å². The topological polar surface area (TPSA) is 58.1 Å². The molecule has 0 amide bonds. The van der Waals surface area contributed by atoms with Gasteiger partial charge in [0.15, 0.2) is 5.96 Å². The molecule has 25 heavy (non-hydrogen) atoms. The minimum Gasteiger partial charge on any atom is -0.497 e. The summed E-state index contributed by atoms with van der Waals surface area (Å²) < 4.78 is 10.9. The van der Waals surface area contributed by atoms with E-state index >= 15 is 0 Å². The number of benzene rings is 1. The number of methoxy groups -OCH3 is 1. The Morgan fingerprint density at radius 1 is 1.20 bits per heavy atom. The predicted octanol–water partition coefficient (Wildman–Crippen LogP) is 2.11. The number of nitrogens with zero attached hydrogens (tertiary/aromatic N) is 2. The highest BCUT2D eigenvalue weighted by Crippen LogP contribution is 2.17. The van der Waals surface area contributed by atoms with Crippen LogP contribution in [-0.2, 0) is 0 Å². The Bertz CT molecular complexity index is 519. The van der Waals surface area contributed by atoms with E-state index < -0.39 is 0 Å². The van der Waals surface area contributed by atoms with E-state index in [4.69, 9.17) is 14.5 Å². The molecule has 1 aromatic rings. The van der Waals surface area contributed by atoms with Crippen molar-refractivity contribution in [3.63, 3.8) is 0 Å². The first-order valence-electron chi connectivity index (χ1n) is 9.29. The molecule has 1 aliphatic rings. The maximum absolute atomic E-state index is 5.74. The first kappa shape index (κ1) is 19.4. The summed E-state index contributed by atoms with van der Waals surface area (Å²) in [7, 11) is 1.66. The molecule has 6 heteroatoms. The highest BCUT2D eigenvalue weighted by atomic mass is 16.5. The van der Waals surface area contributed by atoms with Gasteiger partial charge in [0.2, 0.25) is 0 Å². The molecular weight excluding hydrogens is 316 g/mol. The van der Waals surface area contributed by atoms with Crippen LogP contribution in [0.25, 0.3) is 0 Å². The smallest absolute Gasteiger partial charge is 0.191 e. The molecule has 1 aliphatic heterocycles. The van der Waals surface area contributed by atoms with Gasteiger partial charge in [-0.1, -0.05) is 6.92 Å². The highest BCUT2D eigenvalue weighted by Gasteiger charge is 2.22. The van der Waals surface area contributed by atoms with Gasteiger partial charge in [-0.25, -0.2) is 0 Å². The number of rotatable bonds is 9. The zero-order valence-electron chi connectivity index (χ0n) is 15.8. The maximum Gasteiger partial charge on any atom is 0.191 e. The van der Waals surface area contributed by atoms with Gasteiger partial charge in [-0.3, -0.25) is 9.89 Å². The Hall–Kier alpha value is -1.95. The van der Waals surface area contributed by atoms with E-state index in [2.05, 4.69) is 29.4 Å². The summed E-state index contributed by atoms with van der Waals surface area (Å²) in [6, 6.07) is 8.20. The minimum absolute atomic E-state index is 0.580. The van der Waals surface area contributed by atoms with Gasteiger partial charge in [0.1, 0.15) is 18.1 Å². The van der Waals surface area contributed by atoms with Gasteiger partial charge in [-0.15, -0.1) is 0 Å².